The number of carbonyl (C=O) groups excluding carboxylic acids is 1. The summed E-state index contributed by atoms with van der Waals surface area (Å²) >= 11 is 0. The van der Waals surface area contributed by atoms with E-state index in [1.54, 1.807) is 12.5 Å². The lowest BCUT2D eigenvalue weighted by atomic mass is 10.2. The number of aromatic nitrogens is 2. The Bertz CT molecular complexity index is 945. The second-order valence-electron chi connectivity index (χ2n) is 5.90. The highest BCUT2D eigenvalue weighted by Gasteiger charge is 2.16. The van der Waals surface area contributed by atoms with E-state index in [2.05, 4.69) is 9.55 Å². The minimum Gasteiger partial charge on any atom is -0.461 e. The number of carbonyl (C=O) groups is 1. The Kier molecular flexibility index (Phi) is 4.99. The van der Waals surface area contributed by atoms with E-state index in [0.29, 0.717) is 6.54 Å². The van der Waals surface area contributed by atoms with Crippen LogP contribution < -0.4 is 0 Å². The molecule has 0 spiro atoms. The normalized spacial score (nSPS) is 12.3. The molecule has 6 heteroatoms. The maximum atomic E-state index is 11.5. The number of fused-ring (bicyclic) bond motifs is 1. The third kappa shape index (κ3) is 3.64. The van der Waals surface area contributed by atoms with Crippen LogP contribution in [0.15, 0.2) is 47.5 Å². The van der Waals surface area contributed by atoms with Gasteiger partial charge in [0, 0.05) is 58.3 Å². The molecule has 5 nitrogen and oxygen atoms in total. The second-order valence-corrected chi connectivity index (χ2v) is 7.28. The van der Waals surface area contributed by atoms with Gasteiger partial charge in [-0.1, -0.05) is 12.1 Å². The molecule has 2 aromatic heterocycles. The Hall–Kier alpha value is -2.47. The number of pyridine rings is 1. The van der Waals surface area contributed by atoms with E-state index in [1.807, 2.05) is 43.3 Å². The molecule has 3 rings (SSSR count). The molecule has 1 atom stereocenters. The molecular formula is C19H20N2O3S. The fourth-order valence-corrected chi connectivity index (χ4v) is 3.40. The van der Waals surface area contributed by atoms with Crippen LogP contribution in [0.5, 0.6) is 0 Å². The molecule has 0 N–H and O–H groups in total. The van der Waals surface area contributed by atoms with E-state index in [0.717, 1.165) is 32.7 Å². The molecule has 0 saturated heterocycles. The number of rotatable bonds is 5. The maximum Gasteiger partial charge on any atom is 0.302 e. The van der Waals surface area contributed by atoms with Crippen LogP contribution in [0.2, 0.25) is 0 Å². The number of hydrogen-bond acceptors (Lipinski definition) is 4. The van der Waals surface area contributed by atoms with Crippen LogP contribution in [-0.4, -0.2) is 26.0 Å². The first kappa shape index (κ1) is 17.4. The van der Waals surface area contributed by atoms with Crippen LogP contribution in [-0.2, 0) is 33.5 Å². The van der Waals surface area contributed by atoms with E-state index in [1.165, 1.54) is 6.92 Å². The molecule has 25 heavy (non-hydrogen) atoms. The van der Waals surface area contributed by atoms with E-state index < -0.39 is 10.8 Å². The minimum absolute atomic E-state index is 0.240. The zero-order valence-corrected chi connectivity index (χ0v) is 15.3. The predicted molar refractivity (Wildman–Crippen MR) is 97.8 cm³/mol. The summed E-state index contributed by atoms with van der Waals surface area (Å²) in [5.74, 6) is -0.299. The third-order valence-corrected chi connectivity index (χ3v) is 5.16. The summed E-state index contributed by atoms with van der Waals surface area (Å²) in [5, 5.41) is 0.993. The Labute approximate surface area is 149 Å². The molecule has 0 aliphatic carbocycles. The van der Waals surface area contributed by atoms with Gasteiger partial charge in [0.1, 0.15) is 12.3 Å². The Balaban J connectivity index is 1.99. The maximum absolute atomic E-state index is 11.5. The van der Waals surface area contributed by atoms with Crippen molar-refractivity contribution in [1.29, 1.82) is 0 Å². The van der Waals surface area contributed by atoms with Crippen LogP contribution in [0, 0.1) is 6.92 Å². The summed E-state index contributed by atoms with van der Waals surface area (Å²) in [5.41, 5.74) is 3.96. The third-order valence-electron chi connectivity index (χ3n) is 4.22. The van der Waals surface area contributed by atoms with Gasteiger partial charge in [-0.3, -0.25) is 9.00 Å². The lowest BCUT2D eigenvalue weighted by molar-refractivity contribution is -0.142. The van der Waals surface area contributed by atoms with Crippen molar-refractivity contribution in [3.8, 4) is 0 Å². The van der Waals surface area contributed by atoms with E-state index in [4.69, 9.17) is 4.74 Å². The topological polar surface area (TPSA) is 61.2 Å². The summed E-state index contributed by atoms with van der Waals surface area (Å²) in [6.07, 6.45) is 3.43. The van der Waals surface area contributed by atoms with Crippen molar-refractivity contribution >= 4 is 27.8 Å². The molecule has 130 valence electrons. The van der Waals surface area contributed by atoms with Gasteiger partial charge in [-0.15, -0.1) is 0 Å². The molecule has 0 aliphatic heterocycles. The van der Waals surface area contributed by atoms with Crippen LogP contribution >= 0.6 is 0 Å². The molecule has 0 amide bonds. The number of hydrogen-bond donors (Lipinski definition) is 0. The molecule has 1 unspecified atom stereocenters. The van der Waals surface area contributed by atoms with Crippen molar-refractivity contribution in [1.82, 2.24) is 9.55 Å². The standard InChI is InChI=1S/C19H20N2O3S/c1-13-18(12-24-14(2)22)17-5-4-10-20-19(17)21(13)11-15-6-8-16(9-7-15)25(3)23/h4-10H,11-12H2,1-3H3. The van der Waals surface area contributed by atoms with Crippen molar-refractivity contribution in [2.45, 2.75) is 31.9 Å². The number of nitrogens with zero attached hydrogens (tertiary/aromatic N) is 2. The van der Waals surface area contributed by atoms with Crippen molar-refractivity contribution in [3.05, 3.63) is 59.4 Å². The zero-order chi connectivity index (χ0) is 18.0. The van der Waals surface area contributed by atoms with E-state index in [9.17, 15) is 9.00 Å². The number of benzene rings is 1. The van der Waals surface area contributed by atoms with Gasteiger partial charge < -0.3 is 9.30 Å². The van der Waals surface area contributed by atoms with Crippen LogP contribution in [0.25, 0.3) is 11.0 Å². The van der Waals surface area contributed by atoms with Crippen LogP contribution in [0.1, 0.15) is 23.7 Å². The zero-order valence-electron chi connectivity index (χ0n) is 14.5. The smallest absolute Gasteiger partial charge is 0.302 e. The number of ether oxygens (including phenoxy) is 1. The highest BCUT2D eigenvalue weighted by Crippen LogP contribution is 2.26. The van der Waals surface area contributed by atoms with Crippen molar-refractivity contribution in [2.75, 3.05) is 6.26 Å². The molecule has 1 aromatic carbocycles. The lowest BCUT2D eigenvalue weighted by Gasteiger charge is -2.09. The van der Waals surface area contributed by atoms with Crippen LogP contribution in [0.3, 0.4) is 0 Å². The number of esters is 1. The summed E-state index contributed by atoms with van der Waals surface area (Å²) in [6.45, 7) is 4.31. The van der Waals surface area contributed by atoms with Gasteiger partial charge in [0.15, 0.2) is 0 Å². The summed E-state index contributed by atoms with van der Waals surface area (Å²) in [4.78, 5) is 16.5. The quantitative estimate of drug-likeness (QED) is 0.659. The second kappa shape index (κ2) is 7.19. The van der Waals surface area contributed by atoms with Gasteiger partial charge in [-0.25, -0.2) is 4.98 Å². The largest absolute Gasteiger partial charge is 0.461 e. The molecule has 3 aromatic rings. The van der Waals surface area contributed by atoms with Gasteiger partial charge in [0.2, 0.25) is 0 Å². The molecule has 0 radical (unpaired) electrons. The lowest BCUT2D eigenvalue weighted by Crippen LogP contribution is -2.04. The Morgan fingerprint density at radius 3 is 2.60 bits per heavy atom. The first-order valence-electron chi connectivity index (χ1n) is 7.96. The first-order chi connectivity index (χ1) is 12.0. The van der Waals surface area contributed by atoms with Gasteiger partial charge in [-0.05, 0) is 36.8 Å². The van der Waals surface area contributed by atoms with Crippen LogP contribution in [0.4, 0.5) is 0 Å². The summed E-state index contributed by atoms with van der Waals surface area (Å²) in [7, 11) is -0.981. The van der Waals surface area contributed by atoms with Gasteiger partial charge in [-0.2, -0.15) is 0 Å². The predicted octanol–water partition coefficient (Wildman–Crippen LogP) is 3.19. The van der Waals surface area contributed by atoms with Gasteiger partial charge in [0.25, 0.3) is 0 Å². The molecule has 0 aliphatic rings. The van der Waals surface area contributed by atoms with Crippen molar-refractivity contribution in [3.63, 3.8) is 0 Å². The van der Waals surface area contributed by atoms with E-state index in [-0.39, 0.29) is 12.6 Å². The summed E-state index contributed by atoms with van der Waals surface area (Å²) in [6, 6.07) is 11.6. The molecule has 0 saturated carbocycles. The Morgan fingerprint density at radius 1 is 1.24 bits per heavy atom. The van der Waals surface area contributed by atoms with Gasteiger partial charge in [0.05, 0.1) is 0 Å². The fourth-order valence-electron chi connectivity index (χ4n) is 2.88. The van der Waals surface area contributed by atoms with Gasteiger partial charge >= 0.3 is 5.97 Å². The molecule has 2 heterocycles. The highest BCUT2D eigenvalue weighted by atomic mass is 32.2. The minimum atomic E-state index is -0.981. The molecule has 0 fully saturated rings. The average Bonchev–Trinajstić information content (AvgIpc) is 2.85. The monoisotopic (exact) mass is 356 g/mol. The van der Waals surface area contributed by atoms with E-state index >= 15 is 0 Å². The Morgan fingerprint density at radius 2 is 1.96 bits per heavy atom. The van der Waals surface area contributed by atoms with Crippen molar-refractivity contribution < 1.29 is 13.7 Å². The molecular weight excluding hydrogens is 336 g/mol. The SMILES string of the molecule is CC(=O)OCc1c(C)n(Cc2ccc(S(C)=O)cc2)c2ncccc12. The average molecular weight is 356 g/mol. The summed E-state index contributed by atoms with van der Waals surface area (Å²) < 4.78 is 18.9. The highest BCUT2D eigenvalue weighted by molar-refractivity contribution is 7.84. The van der Waals surface area contributed by atoms with Crippen molar-refractivity contribution in [2.24, 2.45) is 0 Å². The first-order valence-corrected chi connectivity index (χ1v) is 9.51. The molecule has 0 bridgehead atoms. The fraction of sp³-hybridized carbons (Fsp3) is 0.263.